The quantitative estimate of drug-likeness (QED) is 0.780. The van der Waals surface area contributed by atoms with Gasteiger partial charge in [0.15, 0.2) is 5.75 Å². The number of nitriles is 1. The summed E-state index contributed by atoms with van der Waals surface area (Å²) >= 11 is 3.32. The van der Waals surface area contributed by atoms with Crippen LogP contribution in [-0.2, 0) is 0 Å². The van der Waals surface area contributed by atoms with Crippen LogP contribution in [0.3, 0.4) is 0 Å². The van der Waals surface area contributed by atoms with E-state index in [4.69, 9.17) is 5.26 Å². The van der Waals surface area contributed by atoms with Crippen molar-refractivity contribution >= 4 is 26.8 Å². The highest BCUT2D eigenvalue weighted by Gasteiger charge is 2.09. The second-order valence-corrected chi connectivity index (χ2v) is 3.62. The van der Waals surface area contributed by atoms with E-state index in [0.717, 1.165) is 9.86 Å². The molecule has 3 nitrogen and oxygen atoms in total. The van der Waals surface area contributed by atoms with Gasteiger partial charge in [0.1, 0.15) is 11.6 Å². The zero-order chi connectivity index (χ0) is 10.1. The molecular weight excluding hydrogens is 244 g/mol. The molecule has 1 aromatic heterocycles. The van der Waals surface area contributed by atoms with Gasteiger partial charge in [0, 0.05) is 16.1 Å². The molecule has 0 amide bonds. The van der Waals surface area contributed by atoms with E-state index in [1.54, 1.807) is 18.3 Å². The Hall–Kier alpha value is -1.60. The number of rotatable bonds is 0. The first kappa shape index (κ1) is 8.97. The topological polar surface area (TPSA) is 56.9 Å². The van der Waals surface area contributed by atoms with Crippen LogP contribution >= 0.6 is 15.9 Å². The first-order chi connectivity index (χ1) is 6.74. The molecule has 0 unspecified atom stereocenters. The lowest BCUT2D eigenvalue weighted by Crippen LogP contribution is -1.84. The van der Waals surface area contributed by atoms with Crippen LogP contribution in [0, 0.1) is 11.3 Å². The van der Waals surface area contributed by atoms with E-state index in [1.165, 1.54) is 0 Å². The minimum absolute atomic E-state index is 0.0636. The highest BCUT2D eigenvalue weighted by molar-refractivity contribution is 9.10. The summed E-state index contributed by atoms with van der Waals surface area (Å²) in [5.41, 5.74) is 0.668. The van der Waals surface area contributed by atoms with Crippen molar-refractivity contribution in [3.05, 3.63) is 34.4 Å². The summed E-state index contributed by atoms with van der Waals surface area (Å²) in [6.07, 6.45) is 1.58. The Balaban J connectivity index is 2.96. The second kappa shape index (κ2) is 3.28. The van der Waals surface area contributed by atoms with Gasteiger partial charge in [-0.1, -0.05) is 22.0 Å². The van der Waals surface area contributed by atoms with Crippen LogP contribution < -0.4 is 0 Å². The fourth-order valence-electron chi connectivity index (χ4n) is 1.27. The van der Waals surface area contributed by atoms with Gasteiger partial charge in [0.25, 0.3) is 0 Å². The smallest absolute Gasteiger partial charge is 0.159 e. The minimum atomic E-state index is -0.0636. The van der Waals surface area contributed by atoms with Crippen molar-refractivity contribution in [2.75, 3.05) is 0 Å². The van der Waals surface area contributed by atoms with Gasteiger partial charge in [-0.25, -0.2) is 0 Å². The maximum atomic E-state index is 9.67. The van der Waals surface area contributed by atoms with Crippen molar-refractivity contribution in [2.24, 2.45) is 0 Å². The van der Waals surface area contributed by atoms with E-state index < -0.39 is 0 Å². The Morgan fingerprint density at radius 2 is 2.29 bits per heavy atom. The molecule has 0 aliphatic carbocycles. The van der Waals surface area contributed by atoms with Crippen molar-refractivity contribution < 1.29 is 5.11 Å². The molecule has 1 aromatic carbocycles. The number of halogens is 1. The molecule has 0 aliphatic rings. The number of nitrogens with zero attached hydrogens (tertiary/aromatic N) is 2. The number of pyridine rings is 1. The maximum Gasteiger partial charge on any atom is 0.159 e. The van der Waals surface area contributed by atoms with Crippen molar-refractivity contribution in [3.63, 3.8) is 0 Å². The summed E-state index contributed by atoms with van der Waals surface area (Å²) in [6, 6.07) is 7.09. The number of hydrogen-bond acceptors (Lipinski definition) is 3. The number of phenols is 1. The second-order valence-electron chi connectivity index (χ2n) is 2.77. The number of hydrogen-bond donors (Lipinski definition) is 1. The Kier molecular flexibility index (Phi) is 2.10. The van der Waals surface area contributed by atoms with E-state index in [0.29, 0.717) is 5.52 Å². The van der Waals surface area contributed by atoms with Gasteiger partial charge in [-0.05, 0) is 12.1 Å². The average molecular weight is 249 g/mol. The molecular formula is C10H5BrN2O. The predicted molar refractivity (Wildman–Crippen MR) is 55.8 cm³/mol. The number of aromatic hydroxyl groups is 1. The van der Waals surface area contributed by atoms with Crippen LogP contribution in [0.2, 0.25) is 0 Å². The van der Waals surface area contributed by atoms with Gasteiger partial charge in [0.2, 0.25) is 0 Å². The Morgan fingerprint density at radius 1 is 1.50 bits per heavy atom. The third-order valence-corrected chi connectivity index (χ3v) is 2.59. The lowest BCUT2D eigenvalue weighted by Gasteiger charge is -2.03. The van der Waals surface area contributed by atoms with Gasteiger partial charge in [0.05, 0.1) is 5.56 Å². The van der Waals surface area contributed by atoms with Crippen LogP contribution in [0.5, 0.6) is 5.75 Å². The predicted octanol–water partition coefficient (Wildman–Crippen LogP) is 2.57. The average Bonchev–Trinajstić information content (AvgIpc) is 2.23. The lowest BCUT2D eigenvalue weighted by molar-refractivity contribution is 0.478. The van der Waals surface area contributed by atoms with Crippen LogP contribution in [0.4, 0.5) is 0 Å². The van der Waals surface area contributed by atoms with Crippen molar-refractivity contribution in [3.8, 4) is 11.8 Å². The van der Waals surface area contributed by atoms with E-state index in [2.05, 4.69) is 20.9 Å². The largest absolute Gasteiger partial charge is 0.504 e. The summed E-state index contributed by atoms with van der Waals surface area (Å²) in [4.78, 5) is 4.02. The molecule has 0 bridgehead atoms. The van der Waals surface area contributed by atoms with Crippen LogP contribution in [0.25, 0.3) is 10.9 Å². The molecule has 0 fully saturated rings. The molecule has 14 heavy (non-hydrogen) atoms. The maximum absolute atomic E-state index is 9.67. The molecule has 4 heteroatoms. The molecule has 2 aromatic rings. The summed E-state index contributed by atoms with van der Waals surface area (Å²) in [5, 5.41) is 19.2. The molecule has 68 valence electrons. The fraction of sp³-hybridized carbons (Fsp3) is 0. The molecule has 0 saturated carbocycles. The summed E-state index contributed by atoms with van der Waals surface area (Å²) < 4.78 is 0.759. The standard InChI is InChI=1S/C10H5BrN2O/c11-8-4-6(5-12)10(14)9-7(8)2-1-3-13-9/h1-4,14H. The van der Waals surface area contributed by atoms with Crippen LogP contribution in [0.1, 0.15) is 5.56 Å². The van der Waals surface area contributed by atoms with E-state index in [1.807, 2.05) is 12.1 Å². The number of aromatic nitrogens is 1. The van der Waals surface area contributed by atoms with Crippen molar-refractivity contribution in [2.45, 2.75) is 0 Å². The van der Waals surface area contributed by atoms with Crippen LogP contribution in [0.15, 0.2) is 28.9 Å². The first-order valence-electron chi connectivity index (χ1n) is 3.90. The third kappa shape index (κ3) is 1.22. The van der Waals surface area contributed by atoms with Gasteiger partial charge >= 0.3 is 0 Å². The Morgan fingerprint density at radius 3 is 3.00 bits per heavy atom. The third-order valence-electron chi connectivity index (χ3n) is 1.94. The number of benzene rings is 1. The Bertz CT molecular complexity index is 546. The van der Waals surface area contributed by atoms with E-state index in [9.17, 15) is 5.11 Å². The summed E-state index contributed by atoms with van der Waals surface area (Å²) in [7, 11) is 0. The van der Waals surface area contributed by atoms with Crippen molar-refractivity contribution in [1.82, 2.24) is 4.98 Å². The normalized spacial score (nSPS) is 10.0. The minimum Gasteiger partial charge on any atom is -0.504 e. The molecule has 0 saturated heterocycles. The summed E-state index contributed by atoms with van der Waals surface area (Å²) in [5.74, 6) is -0.0636. The van der Waals surface area contributed by atoms with E-state index in [-0.39, 0.29) is 11.3 Å². The highest BCUT2D eigenvalue weighted by atomic mass is 79.9. The number of fused-ring (bicyclic) bond motifs is 1. The molecule has 0 spiro atoms. The molecule has 0 atom stereocenters. The lowest BCUT2D eigenvalue weighted by atomic mass is 10.1. The molecule has 1 heterocycles. The highest BCUT2D eigenvalue weighted by Crippen LogP contribution is 2.32. The van der Waals surface area contributed by atoms with Gasteiger partial charge in [-0.15, -0.1) is 0 Å². The van der Waals surface area contributed by atoms with Crippen molar-refractivity contribution in [1.29, 1.82) is 5.26 Å². The SMILES string of the molecule is N#Cc1cc(Br)c2cccnc2c1O. The van der Waals surface area contributed by atoms with Crippen LogP contribution in [-0.4, -0.2) is 10.1 Å². The molecule has 1 N–H and O–H groups in total. The number of phenolic OH excluding ortho intramolecular Hbond substituents is 1. The molecule has 0 radical (unpaired) electrons. The Labute approximate surface area is 88.8 Å². The first-order valence-corrected chi connectivity index (χ1v) is 4.69. The van der Waals surface area contributed by atoms with Gasteiger partial charge in [-0.3, -0.25) is 4.98 Å². The molecule has 2 rings (SSSR count). The van der Waals surface area contributed by atoms with Gasteiger partial charge in [-0.2, -0.15) is 5.26 Å². The van der Waals surface area contributed by atoms with Gasteiger partial charge < -0.3 is 5.11 Å². The summed E-state index contributed by atoms with van der Waals surface area (Å²) in [6.45, 7) is 0. The monoisotopic (exact) mass is 248 g/mol. The zero-order valence-electron chi connectivity index (χ0n) is 7.03. The van der Waals surface area contributed by atoms with E-state index >= 15 is 0 Å². The molecule has 0 aliphatic heterocycles. The zero-order valence-corrected chi connectivity index (χ0v) is 8.62. The fourth-order valence-corrected chi connectivity index (χ4v) is 1.82.